The fraction of sp³-hybridized carbons (Fsp3) is 0.393. The molecule has 5 heterocycles. The van der Waals surface area contributed by atoms with Gasteiger partial charge >= 0.3 is 5.97 Å². The Morgan fingerprint density at radius 3 is 2.76 bits per heavy atom. The van der Waals surface area contributed by atoms with E-state index in [2.05, 4.69) is 11.9 Å². The summed E-state index contributed by atoms with van der Waals surface area (Å²) in [4.78, 5) is 19.0. The molecule has 1 saturated heterocycles. The van der Waals surface area contributed by atoms with E-state index in [-0.39, 0.29) is 6.42 Å². The summed E-state index contributed by atoms with van der Waals surface area (Å²) in [6, 6.07) is 5.86. The number of aliphatic carboxylic acids is 1. The van der Waals surface area contributed by atoms with Crippen molar-refractivity contribution in [3.8, 4) is 28.3 Å². The SMILES string of the molecule is Cc1nc2c(cc(-c3ccn(C4CN(C)C4)n3)n2C)c(-c2cc(F)c3c(c2C)CCCO3)c1CC(=O)O. The summed E-state index contributed by atoms with van der Waals surface area (Å²) < 4.78 is 25.0. The van der Waals surface area contributed by atoms with Crippen LogP contribution in [0.5, 0.6) is 5.75 Å². The maximum atomic E-state index is 15.3. The van der Waals surface area contributed by atoms with Gasteiger partial charge in [-0.25, -0.2) is 9.37 Å². The van der Waals surface area contributed by atoms with Gasteiger partial charge in [0.2, 0.25) is 0 Å². The van der Waals surface area contributed by atoms with Crippen LogP contribution in [-0.4, -0.2) is 62.1 Å². The first-order valence-electron chi connectivity index (χ1n) is 12.6. The number of fused-ring (bicyclic) bond motifs is 2. The number of rotatable bonds is 5. The molecule has 1 aromatic carbocycles. The molecule has 0 radical (unpaired) electrons. The van der Waals surface area contributed by atoms with Crippen LogP contribution in [0, 0.1) is 19.7 Å². The number of ether oxygens (including phenoxy) is 1. The van der Waals surface area contributed by atoms with Crippen LogP contribution < -0.4 is 4.74 Å². The van der Waals surface area contributed by atoms with E-state index in [4.69, 9.17) is 14.8 Å². The highest BCUT2D eigenvalue weighted by molar-refractivity contribution is 6.00. The van der Waals surface area contributed by atoms with Crippen molar-refractivity contribution in [1.82, 2.24) is 24.2 Å². The zero-order chi connectivity index (χ0) is 26.0. The Balaban J connectivity index is 1.58. The lowest BCUT2D eigenvalue weighted by Gasteiger charge is -2.36. The molecule has 0 atom stereocenters. The van der Waals surface area contributed by atoms with Crippen LogP contribution in [0.2, 0.25) is 0 Å². The van der Waals surface area contributed by atoms with Gasteiger partial charge in [-0.05, 0) is 74.2 Å². The third-order valence-electron chi connectivity index (χ3n) is 7.81. The van der Waals surface area contributed by atoms with Gasteiger partial charge in [-0.2, -0.15) is 5.10 Å². The van der Waals surface area contributed by atoms with Crippen LogP contribution in [0.3, 0.4) is 0 Å². The van der Waals surface area contributed by atoms with Gasteiger partial charge in [0.15, 0.2) is 11.6 Å². The minimum absolute atomic E-state index is 0.202. The maximum absolute atomic E-state index is 15.3. The number of likely N-dealkylation sites (tertiary alicyclic amines) is 1. The van der Waals surface area contributed by atoms with Gasteiger partial charge in [-0.3, -0.25) is 9.48 Å². The van der Waals surface area contributed by atoms with Gasteiger partial charge in [0.25, 0.3) is 0 Å². The van der Waals surface area contributed by atoms with Crippen molar-refractivity contribution in [2.24, 2.45) is 7.05 Å². The Hall–Kier alpha value is -3.72. The Morgan fingerprint density at radius 1 is 1.24 bits per heavy atom. The number of hydrogen-bond donors (Lipinski definition) is 1. The lowest BCUT2D eigenvalue weighted by molar-refractivity contribution is -0.136. The minimum Gasteiger partial charge on any atom is -0.490 e. The second-order valence-electron chi connectivity index (χ2n) is 10.3. The van der Waals surface area contributed by atoms with Gasteiger partial charge in [-0.1, -0.05) is 0 Å². The quantitative estimate of drug-likeness (QED) is 0.437. The van der Waals surface area contributed by atoms with E-state index in [1.165, 1.54) is 6.07 Å². The molecular weight excluding hydrogens is 473 g/mol. The molecule has 37 heavy (non-hydrogen) atoms. The van der Waals surface area contributed by atoms with Crippen LogP contribution in [0.4, 0.5) is 4.39 Å². The van der Waals surface area contributed by atoms with Crippen molar-refractivity contribution in [3.05, 3.63) is 52.6 Å². The molecule has 0 saturated carbocycles. The van der Waals surface area contributed by atoms with Crippen molar-refractivity contribution in [2.75, 3.05) is 26.7 Å². The lowest BCUT2D eigenvalue weighted by Crippen LogP contribution is -2.45. The second-order valence-corrected chi connectivity index (χ2v) is 10.3. The number of hydrogen-bond acceptors (Lipinski definition) is 5. The molecule has 0 spiro atoms. The summed E-state index contributed by atoms with van der Waals surface area (Å²) in [5, 5.41) is 15.4. The number of aromatic nitrogens is 4. The van der Waals surface area contributed by atoms with Gasteiger partial charge in [-0.15, -0.1) is 0 Å². The van der Waals surface area contributed by atoms with E-state index >= 15 is 4.39 Å². The summed E-state index contributed by atoms with van der Waals surface area (Å²) in [6.45, 7) is 6.22. The van der Waals surface area contributed by atoms with Gasteiger partial charge < -0.3 is 19.3 Å². The van der Waals surface area contributed by atoms with Crippen molar-refractivity contribution in [3.63, 3.8) is 0 Å². The largest absolute Gasteiger partial charge is 0.490 e. The molecule has 0 unspecified atom stereocenters. The summed E-state index contributed by atoms with van der Waals surface area (Å²) in [6.07, 6.45) is 3.34. The van der Waals surface area contributed by atoms with E-state index in [9.17, 15) is 9.90 Å². The predicted octanol–water partition coefficient (Wildman–Crippen LogP) is 4.30. The Morgan fingerprint density at radius 2 is 2.03 bits per heavy atom. The number of pyridine rings is 1. The minimum atomic E-state index is -0.953. The number of benzene rings is 1. The maximum Gasteiger partial charge on any atom is 0.307 e. The lowest BCUT2D eigenvalue weighted by atomic mass is 9.87. The predicted molar refractivity (Wildman–Crippen MR) is 138 cm³/mol. The first kappa shape index (κ1) is 23.7. The average Bonchev–Trinajstić information content (AvgIpc) is 3.45. The molecule has 2 aliphatic heterocycles. The van der Waals surface area contributed by atoms with Crippen LogP contribution in [0.15, 0.2) is 24.4 Å². The molecule has 0 amide bonds. The van der Waals surface area contributed by atoms with E-state index in [1.54, 1.807) is 0 Å². The zero-order valence-corrected chi connectivity index (χ0v) is 21.5. The number of carbonyl (C=O) groups is 1. The van der Waals surface area contributed by atoms with E-state index in [0.29, 0.717) is 40.9 Å². The summed E-state index contributed by atoms with van der Waals surface area (Å²) in [5.74, 6) is -1.06. The first-order chi connectivity index (χ1) is 17.7. The highest BCUT2D eigenvalue weighted by atomic mass is 19.1. The smallest absolute Gasteiger partial charge is 0.307 e. The van der Waals surface area contributed by atoms with Crippen LogP contribution >= 0.6 is 0 Å². The molecule has 6 rings (SSSR count). The van der Waals surface area contributed by atoms with Gasteiger partial charge in [0.05, 0.1) is 24.8 Å². The average molecular weight is 504 g/mol. The number of carboxylic acid groups (broad SMARTS) is 1. The fourth-order valence-electron chi connectivity index (χ4n) is 5.83. The zero-order valence-electron chi connectivity index (χ0n) is 21.5. The first-order valence-corrected chi connectivity index (χ1v) is 12.6. The molecule has 2 aliphatic rings. The molecule has 9 heteroatoms. The van der Waals surface area contributed by atoms with Crippen molar-refractivity contribution in [2.45, 2.75) is 39.2 Å². The van der Waals surface area contributed by atoms with E-state index in [1.807, 2.05) is 48.5 Å². The Bertz CT molecular complexity index is 1560. The summed E-state index contributed by atoms with van der Waals surface area (Å²) in [7, 11) is 4.03. The van der Waals surface area contributed by atoms with Gasteiger partial charge in [0, 0.05) is 43.0 Å². The summed E-state index contributed by atoms with van der Waals surface area (Å²) >= 11 is 0. The third kappa shape index (κ3) is 3.80. The third-order valence-corrected chi connectivity index (χ3v) is 7.81. The number of nitrogens with zero attached hydrogens (tertiary/aromatic N) is 5. The molecule has 3 aromatic heterocycles. The van der Waals surface area contributed by atoms with Crippen molar-refractivity contribution < 1.29 is 19.0 Å². The molecule has 192 valence electrons. The monoisotopic (exact) mass is 503 g/mol. The molecule has 0 bridgehead atoms. The second kappa shape index (κ2) is 8.69. The summed E-state index contributed by atoms with van der Waals surface area (Å²) in [5.41, 5.74) is 6.80. The Kier molecular flexibility index (Phi) is 5.56. The number of likely N-dealkylation sites (N-methyl/N-ethyl adjacent to an activating group) is 1. The molecule has 1 fully saturated rings. The topological polar surface area (TPSA) is 85.4 Å². The van der Waals surface area contributed by atoms with Crippen molar-refractivity contribution >= 4 is 17.0 Å². The fourth-order valence-corrected chi connectivity index (χ4v) is 5.83. The normalized spacial score (nSPS) is 16.0. The van der Waals surface area contributed by atoms with Crippen LogP contribution in [0.25, 0.3) is 33.5 Å². The number of carboxylic acids is 1. The highest BCUT2D eigenvalue weighted by Crippen LogP contribution is 2.43. The molecule has 0 aliphatic carbocycles. The van der Waals surface area contributed by atoms with Crippen LogP contribution in [0.1, 0.15) is 34.8 Å². The molecule has 4 aromatic rings. The van der Waals surface area contributed by atoms with Gasteiger partial charge in [0.1, 0.15) is 11.3 Å². The van der Waals surface area contributed by atoms with E-state index < -0.39 is 11.8 Å². The Labute approximate surface area is 214 Å². The molecular formula is C28H30FN5O3. The highest BCUT2D eigenvalue weighted by Gasteiger charge is 2.28. The standard InChI is InChI=1S/C28H30FN5O3/c1-15-18-6-5-9-37-27(18)22(29)10-19(15)26-20(12-25(35)36)16(2)30-28-21(26)11-24(33(28)4)23-7-8-34(31-23)17-13-32(3)14-17/h7-8,10-11,17H,5-6,9,12-14H2,1-4H3,(H,35,36). The number of halogens is 1. The van der Waals surface area contributed by atoms with Crippen molar-refractivity contribution in [1.29, 1.82) is 0 Å². The number of aryl methyl sites for hydroxylation is 2. The molecule has 1 N–H and O–H groups in total. The van der Waals surface area contributed by atoms with Crippen LogP contribution in [-0.2, 0) is 24.7 Å². The van der Waals surface area contributed by atoms with E-state index in [0.717, 1.165) is 59.4 Å². The molecule has 8 nitrogen and oxygen atoms in total.